The number of hydrogen-bond acceptors (Lipinski definition) is 4. The predicted molar refractivity (Wildman–Crippen MR) is 66.2 cm³/mol. The molecule has 0 saturated carbocycles. The van der Waals surface area contributed by atoms with Gasteiger partial charge in [-0.05, 0) is 32.0 Å². The van der Waals surface area contributed by atoms with Crippen LogP contribution in [0.1, 0.15) is 36.4 Å². The van der Waals surface area contributed by atoms with Crippen molar-refractivity contribution < 1.29 is 9.21 Å². The van der Waals surface area contributed by atoms with Gasteiger partial charge in [0.05, 0.1) is 6.26 Å². The Morgan fingerprint density at radius 1 is 1.59 bits per heavy atom. The minimum atomic E-state index is -0.387. The first-order valence-electron chi connectivity index (χ1n) is 5.80. The van der Waals surface area contributed by atoms with E-state index in [1.54, 1.807) is 6.07 Å². The SMILES string of the molecule is CC(C)CCN(C)Cc1ccoc1C(=O)NN. The van der Waals surface area contributed by atoms with Crippen LogP contribution >= 0.6 is 0 Å². The van der Waals surface area contributed by atoms with Crippen molar-refractivity contribution in [2.24, 2.45) is 11.8 Å². The largest absolute Gasteiger partial charge is 0.459 e. The third-order valence-corrected chi connectivity index (χ3v) is 2.61. The zero-order valence-electron chi connectivity index (χ0n) is 10.7. The maximum absolute atomic E-state index is 11.4. The van der Waals surface area contributed by atoms with Gasteiger partial charge in [0, 0.05) is 12.1 Å². The van der Waals surface area contributed by atoms with E-state index < -0.39 is 0 Å². The second kappa shape index (κ2) is 6.42. The van der Waals surface area contributed by atoms with Gasteiger partial charge >= 0.3 is 5.91 Å². The Hall–Kier alpha value is -1.33. The van der Waals surface area contributed by atoms with Gasteiger partial charge in [-0.3, -0.25) is 10.2 Å². The molecule has 0 bridgehead atoms. The molecular formula is C12H21N3O2. The number of nitrogens with zero attached hydrogens (tertiary/aromatic N) is 1. The highest BCUT2D eigenvalue weighted by atomic mass is 16.3. The zero-order valence-corrected chi connectivity index (χ0v) is 10.7. The molecule has 0 aliphatic rings. The van der Waals surface area contributed by atoms with Crippen LogP contribution in [0.5, 0.6) is 0 Å². The minimum absolute atomic E-state index is 0.295. The van der Waals surface area contributed by atoms with Crippen LogP contribution < -0.4 is 11.3 Å². The number of nitrogens with one attached hydrogen (secondary N) is 1. The van der Waals surface area contributed by atoms with Crippen LogP contribution in [-0.4, -0.2) is 24.4 Å². The van der Waals surface area contributed by atoms with E-state index in [-0.39, 0.29) is 5.91 Å². The summed E-state index contributed by atoms with van der Waals surface area (Å²) in [5.41, 5.74) is 2.94. The van der Waals surface area contributed by atoms with Gasteiger partial charge < -0.3 is 9.32 Å². The van der Waals surface area contributed by atoms with Crippen LogP contribution in [0.15, 0.2) is 16.7 Å². The van der Waals surface area contributed by atoms with E-state index in [4.69, 9.17) is 10.3 Å². The van der Waals surface area contributed by atoms with Gasteiger partial charge in [0.15, 0.2) is 5.76 Å². The molecular weight excluding hydrogens is 218 g/mol. The normalized spacial score (nSPS) is 11.2. The molecule has 1 aromatic rings. The van der Waals surface area contributed by atoms with Crippen LogP contribution in [0.2, 0.25) is 0 Å². The molecule has 0 spiro atoms. The molecule has 5 heteroatoms. The summed E-state index contributed by atoms with van der Waals surface area (Å²) in [6.07, 6.45) is 2.64. The topological polar surface area (TPSA) is 71.5 Å². The molecule has 1 amide bonds. The summed E-state index contributed by atoms with van der Waals surface area (Å²) in [6, 6.07) is 1.80. The van der Waals surface area contributed by atoms with Gasteiger partial charge in [0.2, 0.25) is 0 Å². The molecule has 5 nitrogen and oxygen atoms in total. The van der Waals surface area contributed by atoms with E-state index in [0.717, 1.165) is 18.5 Å². The molecule has 0 saturated heterocycles. The summed E-state index contributed by atoms with van der Waals surface area (Å²) >= 11 is 0. The van der Waals surface area contributed by atoms with Crippen LogP contribution in [0.25, 0.3) is 0 Å². The molecule has 96 valence electrons. The molecule has 0 radical (unpaired) electrons. The van der Waals surface area contributed by atoms with Crippen molar-refractivity contribution in [3.8, 4) is 0 Å². The fraction of sp³-hybridized carbons (Fsp3) is 0.583. The number of furan rings is 1. The highest BCUT2D eigenvalue weighted by Crippen LogP contribution is 2.13. The quantitative estimate of drug-likeness (QED) is 0.447. The number of amides is 1. The lowest BCUT2D eigenvalue weighted by molar-refractivity contribution is 0.0923. The molecule has 1 rings (SSSR count). The highest BCUT2D eigenvalue weighted by Gasteiger charge is 2.15. The van der Waals surface area contributed by atoms with Crippen molar-refractivity contribution in [1.82, 2.24) is 10.3 Å². The third kappa shape index (κ3) is 4.20. The van der Waals surface area contributed by atoms with E-state index >= 15 is 0 Å². The molecule has 0 aliphatic carbocycles. The minimum Gasteiger partial charge on any atom is -0.459 e. The Morgan fingerprint density at radius 2 is 2.29 bits per heavy atom. The van der Waals surface area contributed by atoms with Gasteiger partial charge in [-0.1, -0.05) is 13.8 Å². The van der Waals surface area contributed by atoms with Crippen molar-refractivity contribution in [2.45, 2.75) is 26.8 Å². The first-order chi connectivity index (χ1) is 8.04. The Balaban J connectivity index is 2.56. The van der Waals surface area contributed by atoms with Gasteiger partial charge in [-0.15, -0.1) is 0 Å². The molecule has 0 aliphatic heterocycles. The number of carbonyl (C=O) groups is 1. The Morgan fingerprint density at radius 3 is 2.88 bits per heavy atom. The van der Waals surface area contributed by atoms with Crippen molar-refractivity contribution in [1.29, 1.82) is 0 Å². The number of hydrazine groups is 1. The second-order valence-corrected chi connectivity index (χ2v) is 4.67. The summed E-state index contributed by atoms with van der Waals surface area (Å²) in [4.78, 5) is 13.6. The molecule has 0 aromatic carbocycles. The summed E-state index contributed by atoms with van der Waals surface area (Å²) in [7, 11) is 2.03. The number of nitrogens with two attached hydrogens (primary N) is 1. The molecule has 0 unspecified atom stereocenters. The monoisotopic (exact) mass is 239 g/mol. The van der Waals surface area contributed by atoms with E-state index in [9.17, 15) is 4.79 Å². The average molecular weight is 239 g/mol. The fourth-order valence-corrected chi connectivity index (χ4v) is 1.57. The van der Waals surface area contributed by atoms with Crippen molar-refractivity contribution in [3.63, 3.8) is 0 Å². The maximum Gasteiger partial charge on any atom is 0.301 e. The molecule has 1 aromatic heterocycles. The molecule has 17 heavy (non-hydrogen) atoms. The summed E-state index contributed by atoms with van der Waals surface area (Å²) in [5, 5.41) is 0. The lowest BCUT2D eigenvalue weighted by atomic mass is 10.1. The predicted octanol–water partition coefficient (Wildman–Crippen LogP) is 1.36. The number of rotatable bonds is 6. The number of carbonyl (C=O) groups excluding carboxylic acids is 1. The second-order valence-electron chi connectivity index (χ2n) is 4.67. The summed E-state index contributed by atoms with van der Waals surface area (Å²) in [6.45, 7) is 6.07. The van der Waals surface area contributed by atoms with Crippen molar-refractivity contribution in [2.75, 3.05) is 13.6 Å². The maximum atomic E-state index is 11.4. The first-order valence-corrected chi connectivity index (χ1v) is 5.80. The lowest BCUT2D eigenvalue weighted by Gasteiger charge is -2.17. The van der Waals surface area contributed by atoms with E-state index in [0.29, 0.717) is 18.2 Å². The van der Waals surface area contributed by atoms with E-state index in [2.05, 4.69) is 24.2 Å². The van der Waals surface area contributed by atoms with Gasteiger partial charge in [0.1, 0.15) is 0 Å². The molecule has 0 fully saturated rings. The van der Waals surface area contributed by atoms with Crippen LogP contribution in [0.3, 0.4) is 0 Å². The average Bonchev–Trinajstić information content (AvgIpc) is 2.73. The smallest absolute Gasteiger partial charge is 0.301 e. The van der Waals surface area contributed by atoms with Gasteiger partial charge in [-0.2, -0.15) is 0 Å². The van der Waals surface area contributed by atoms with Crippen LogP contribution in [0, 0.1) is 5.92 Å². The van der Waals surface area contributed by atoms with E-state index in [1.165, 1.54) is 6.26 Å². The van der Waals surface area contributed by atoms with Crippen molar-refractivity contribution in [3.05, 3.63) is 23.7 Å². The number of hydrogen-bond donors (Lipinski definition) is 2. The standard InChI is InChI=1S/C12H21N3O2/c1-9(2)4-6-15(3)8-10-5-7-17-11(10)12(16)14-13/h5,7,9H,4,6,8,13H2,1-3H3,(H,14,16). The first kappa shape index (κ1) is 13.7. The fourth-order valence-electron chi connectivity index (χ4n) is 1.57. The Labute approximate surface area is 102 Å². The summed E-state index contributed by atoms with van der Waals surface area (Å²) in [5.74, 6) is 5.67. The van der Waals surface area contributed by atoms with Gasteiger partial charge in [0.25, 0.3) is 0 Å². The Kier molecular flexibility index (Phi) is 5.18. The number of nitrogen functional groups attached to an aromatic ring is 1. The Bertz CT molecular complexity index is 360. The van der Waals surface area contributed by atoms with E-state index in [1.807, 2.05) is 7.05 Å². The molecule has 0 atom stereocenters. The lowest BCUT2D eigenvalue weighted by Crippen LogP contribution is -2.31. The van der Waals surface area contributed by atoms with Crippen molar-refractivity contribution >= 4 is 5.91 Å². The third-order valence-electron chi connectivity index (χ3n) is 2.61. The zero-order chi connectivity index (χ0) is 12.8. The van der Waals surface area contributed by atoms with Gasteiger partial charge in [-0.25, -0.2) is 5.84 Å². The summed E-state index contributed by atoms with van der Waals surface area (Å²) < 4.78 is 5.13. The molecule has 3 N–H and O–H groups in total. The molecule has 1 heterocycles. The highest BCUT2D eigenvalue weighted by molar-refractivity contribution is 5.92. The van der Waals surface area contributed by atoms with Crippen LogP contribution in [0.4, 0.5) is 0 Å². The van der Waals surface area contributed by atoms with Crippen LogP contribution in [-0.2, 0) is 6.54 Å².